The number of ether oxygens (including phenoxy) is 3. The Hall–Kier alpha value is -2.32. The average molecular weight is 457 g/mol. The monoisotopic (exact) mass is 456 g/mol. The number of carbonyl (C=O) groups excluding carboxylic acids is 2. The molecule has 3 rings (SSSR count). The van der Waals surface area contributed by atoms with Crippen molar-refractivity contribution in [2.24, 2.45) is 5.92 Å². The van der Waals surface area contributed by atoms with Crippen molar-refractivity contribution in [2.45, 2.75) is 58.4 Å². The number of carbonyl (C=O) groups is 2. The second-order valence-electron chi connectivity index (χ2n) is 8.80. The van der Waals surface area contributed by atoms with Gasteiger partial charge in [0.1, 0.15) is 6.61 Å². The molecule has 1 fully saturated rings. The van der Waals surface area contributed by atoms with Crippen LogP contribution in [0.4, 0.5) is 0 Å². The van der Waals surface area contributed by atoms with Crippen LogP contribution in [-0.4, -0.2) is 56.1 Å². The Kier molecular flexibility index (Phi) is 8.97. The second-order valence-corrected chi connectivity index (χ2v) is 8.80. The van der Waals surface area contributed by atoms with Gasteiger partial charge < -0.3 is 14.2 Å². The smallest absolute Gasteiger partial charge is 0.257 e. The van der Waals surface area contributed by atoms with Gasteiger partial charge in [-0.3, -0.25) is 20.2 Å². The minimum Gasteiger partial charge on any atom is -0.376 e. The van der Waals surface area contributed by atoms with Crippen molar-refractivity contribution < 1.29 is 23.8 Å². The van der Waals surface area contributed by atoms with Gasteiger partial charge in [0.25, 0.3) is 5.91 Å². The summed E-state index contributed by atoms with van der Waals surface area (Å²) < 4.78 is 17.6. The average Bonchev–Trinajstić information content (AvgIpc) is 2.79. The van der Waals surface area contributed by atoms with Gasteiger partial charge in [0.2, 0.25) is 11.7 Å². The highest BCUT2D eigenvalue weighted by Gasteiger charge is 2.45. The van der Waals surface area contributed by atoms with E-state index in [4.69, 9.17) is 14.2 Å². The predicted octanol–water partition coefficient (Wildman–Crippen LogP) is 3.66. The summed E-state index contributed by atoms with van der Waals surface area (Å²) in [5.74, 6) is -1.47. The van der Waals surface area contributed by atoms with Crippen molar-refractivity contribution in [1.82, 2.24) is 10.6 Å². The van der Waals surface area contributed by atoms with Gasteiger partial charge in [-0.15, -0.1) is 0 Å². The van der Waals surface area contributed by atoms with E-state index < -0.39 is 17.7 Å². The summed E-state index contributed by atoms with van der Waals surface area (Å²) in [5.41, 5.74) is 0.453. The third kappa shape index (κ3) is 6.38. The topological polar surface area (TPSA) is 85.9 Å². The highest BCUT2D eigenvalue weighted by atomic mass is 16.7. The first-order valence-electron chi connectivity index (χ1n) is 11.8. The molecule has 0 aliphatic carbocycles. The molecule has 1 aliphatic rings. The van der Waals surface area contributed by atoms with E-state index in [1.54, 1.807) is 12.1 Å². The highest BCUT2D eigenvalue weighted by Crippen LogP contribution is 2.27. The molecule has 2 amide bonds. The van der Waals surface area contributed by atoms with E-state index >= 15 is 0 Å². The quantitative estimate of drug-likeness (QED) is 0.531. The minimum atomic E-state index is -0.959. The molecule has 2 aromatic carbocycles. The predicted molar refractivity (Wildman–Crippen MR) is 128 cm³/mol. The number of hydrogen-bond donors (Lipinski definition) is 2. The van der Waals surface area contributed by atoms with Crippen LogP contribution in [0.3, 0.4) is 0 Å². The molecule has 2 N–H and O–H groups in total. The second kappa shape index (κ2) is 11.7. The van der Waals surface area contributed by atoms with Crippen LogP contribution >= 0.6 is 0 Å². The zero-order valence-electron chi connectivity index (χ0n) is 20.1. The van der Waals surface area contributed by atoms with E-state index in [9.17, 15) is 9.59 Å². The number of hydrogen-bond acceptors (Lipinski definition) is 6. The Labute approximate surface area is 196 Å². The number of benzene rings is 2. The van der Waals surface area contributed by atoms with E-state index in [1.165, 1.54) is 0 Å². The summed E-state index contributed by atoms with van der Waals surface area (Å²) in [4.78, 5) is 26.1. The molecule has 1 saturated heterocycles. The Bertz CT molecular complexity index is 934. The summed E-state index contributed by atoms with van der Waals surface area (Å²) in [6.07, 6.45) is 1.21. The van der Waals surface area contributed by atoms with E-state index in [2.05, 4.69) is 24.5 Å². The van der Waals surface area contributed by atoms with Crippen LogP contribution in [-0.2, 0) is 19.0 Å². The molecule has 180 valence electrons. The zero-order chi connectivity index (χ0) is 23.8. The molecule has 1 heterocycles. The third-order valence-electron chi connectivity index (χ3n) is 5.84. The van der Waals surface area contributed by atoms with Crippen molar-refractivity contribution in [1.29, 1.82) is 0 Å². The summed E-state index contributed by atoms with van der Waals surface area (Å²) in [7, 11) is 0. The van der Waals surface area contributed by atoms with Gasteiger partial charge >= 0.3 is 0 Å². The maximum atomic E-state index is 13.2. The molecule has 0 bridgehead atoms. The first kappa shape index (κ1) is 25.3. The number of fused-ring (bicyclic) bond motifs is 1. The first-order chi connectivity index (χ1) is 15.9. The molecule has 2 atom stereocenters. The lowest BCUT2D eigenvalue weighted by Gasteiger charge is -2.44. The SMILES string of the molecule is CCOC1(OCC)COCCC1N[C@@H](CC(C)C)C(=O)NC(=O)c1ccc2ccccc2c1. The van der Waals surface area contributed by atoms with E-state index in [1.807, 2.05) is 44.2 Å². The fourth-order valence-corrected chi connectivity index (χ4v) is 4.33. The van der Waals surface area contributed by atoms with Crippen LogP contribution in [0.25, 0.3) is 10.8 Å². The van der Waals surface area contributed by atoms with E-state index in [0.29, 0.717) is 44.8 Å². The van der Waals surface area contributed by atoms with Crippen molar-refractivity contribution in [3.05, 3.63) is 48.0 Å². The lowest BCUT2D eigenvalue weighted by molar-refractivity contribution is -0.290. The van der Waals surface area contributed by atoms with Crippen LogP contribution < -0.4 is 10.6 Å². The highest BCUT2D eigenvalue weighted by molar-refractivity contribution is 6.07. The molecule has 0 radical (unpaired) electrons. The van der Waals surface area contributed by atoms with Crippen LogP contribution in [0.2, 0.25) is 0 Å². The van der Waals surface area contributed by atoms with Gasteiger partial charge in [-0.1, -0.05) is 44.2 Å². The summed E-state index contributed by atoms with van der Waals surface area (Å²) >= 11 is 0. The van der Waals surface area contributed by atoms with Gasteiger partial charge in [0.15, 0.2) is 0 Å². The van der Waals surface area contributed by atoms with Crippen LogP contribution in [0.15, 0.2) is 42.5 Å². The molecular weight excluding hydrogens is 420 g/mol. The summed E-state index contributed by atoms with van der Waals surface area (Å²) in [5, 5.41) is 8.03. The number of imide groups is 1. The third-order valence-corrected chi connectivity index (χ3v) is 5.84. The number of nitrogens with one attached hydrogen (secondary N) is 2. The van der Waals surface area contributed by atoms with Crippen LogP contribution in [0, 0.1) is 5.92 Å². The van der Waals surface area contributed by atoms with E-state index in [0.717, 1.165) is 10.8 Å². The standard InChI is InChI=1S/C26H36N2O5/c1-5-32-26(33-6-2)17-31-14-13-23(26)27-22(15-18(3)4)25(30)28-24(29)21-12-11-19-9-7-8-10-20(19)16-21/h7-12,16,18,22-23,27H,5-6,13-15,17H2,1-4H3,(H,28,29,30)/t22-,23?/m0/s1. The molecule has 7 nitrogen and oxygen atoms in total. The molecule has 33 heavy (non-hydrogen) atoms. The molecule has 7 heteroatoms. The fraction of sp³-hybridized carbons (Fsp3) is 0.538. The molecule has 0 spiro atoms. The van der Waals surface area contributed by atoms with Crippen LogP contribution in [0.1, 0.15) is 50.9 Å². The van der Waals surface area contributed by atoms with E-state index in [-0.39, 0.29) is 17.9 Å². The van der Waals surface area contributed by atoms with Gasteiger partial charge in [0, 0.05) is 25.4 Å². The normalized spacial score (nSPS) is 18.9. The molecule has 1 unspecified atom stereocenters. The molecular formula is C26H36N2O5. The fourth-order valence-electron chi connectivity index (χ4n) is 4.33. The van der Waals surface area contributed by atoms with Crippen LogP contribution in [0.5, 0.6) is 0 Å². The zero-order valence-corrected chi connectivity index (χ0v) is 20.1. The largest absolute Gasteiger partial charge is 0.376 e. The Morgan fingerprint density at radius 3 is 2.45 bits per heavy atom. The minimum absolute atomic E-state index is 0.239. The maximum Gasteiger partial charge on any atom is 0.257 e. The molecule has 2 aromatic rings. The Morgan fingerprint density at radius 1 is 1.09 bits per heavy atom. The van der Waals surface area contributed by atoms with Gasteiger partial charge in [-0.2, -0.15) is 0 Å². The van der Waals surface area contributed by atoms with Gasteiger partial charge in [-0.25, -0.2) is 0 Å². The van der Waals surface area contributed by atoms with Crippen molar-refractivity contribution >= 4 is 22.6 Å². The van der Waals surface area contributed by atoms with Gasteiger partial charge in [0.05, 0.1) is 12.1 Å². The summed E-state index contributed by atoms with van der Waals surface area (Å²) in [6, 6.07) is 12.4. The van der Waals surface area contributed by atoms with Crippen molar-refractivity contribution in [3.8, 4) is 0 Å². The Morgan fingerprint density at radius 2 is 1.79 bits per heavy atom. The number of rotatable bonds is 10. The summed E-state index contributed by atoms with van der Waals surface area (Å²) in [6.45, 7) is 9.68. The van der Waals surface area contributed by atoms with Gasteiger partial charge in [-0.05, 0) is 55.5 Å². The molecule has 0 aromatic heterocycles. The lowest BCUT2D eigenvalue weighted by atomic mass is 9.96. The number of amides is 2. The lowest BCUT2D eigenvalue weighted by Crippen LogP contribution is -2.64. The maximum absolute atomic E-state index is 13.2. The first-order valence-corrected chi connectivity index (χ1v) is 11.8. The van der Waals surface area contributed by atoms with Crippen molar-refractivity contribution in [2.75, 3.05) is 26.4 Å². The molecule has 1 aliphatic heterocycles. The van der Waals surface area contributed by atoms with Crippen molar-refractivity contribution in [3.63, 3.8) is 0 Å². The molecule has 0 saturated carbocycles. The Balaban J connectivity index is 1.76.